The summed E-state index contributed by atoms with van der Waals surface area (Å²) in [5.41, 5.74) is 5.68. The van der Waals surface area contributed by atoms with Gasteiger partial charge >= 0.3 is 0 Å². The smallest absolute Gasteiger partial charge is 0.237 e. The van der Waals surface area contributed by atoms with Crippen LogP contribution in [0.3, 0.4) is 0 Å². The minimum atomic E-state index is -0.442. The third kappa shape index (κ3) is 4.82. The molecule has 0 aliphatic carbocycles. The van der Waals surface area contributed by atoms with E-state index in [0.717, 1.165) is 18.7 Å². The van der Waals surface area contributed by atoms with Crippen LogP contribution in [0.4, 0.5) is 4.39 Å². The van der Waals surface area contributed by atoms with Crippen molar-refractivity contribution in [2.24, 2.45) is 5.73 Å². The highest BCUT2D eigenvalue weighted by atomic mass is 19.1. The quantitative estimate of drug-likeness (QED) is 0.735. The van der Waals surface area contributed by atoms with Gasteiger partial charge in [-0.1, -0.05) is 0 Å². The molecule has 2 heterocycles. The summed E-state index contributed by atoms with van der Waals surface area (Å²) in [5.74, 6) is -0.338. The van der Waals surface area contributed by atoms with E-state index in [1.807, 2.05) is 0 Å². The number of ketones is 1. The summed E-state index contributed by atoms with van der Waals surface area (Å²) < 4.78 is 14.7. The van der Waals surface area contributed by atoms with Crippen molar-refractivity contribution in [1.29, 1.82) is 0 Å². The van der Waals surface area contributed by atoms with Crippen molar-refractivity contribution in [2.45, 2.75) is 38.1 Å². The number of nitrogens with zero attached hydrogens (tertiary/aromatic N) is 3. The molecule has 7 nitrogen and oxygen atoms in total. The molecule has 2 amide bonds. The molecule has 2 N–H and O–H groups in total. The second-order valence-electron chi connectivity index (χ2n) is 6.99. The lowest BCUT2D eigenvalue weighted by Gasteiger charge is -2.32. The largest absolute Gasteiger partial charge is 0.368 e. The molecule has 1 fully saturated rings. The molecule has 0 saturated carbocycles. The molecule has 0 unspecified atom stereocenters. The standard InChI is InChI=1S/C20H23FN4O3/c21-16-5-3-14(4-6-16)17(26)7-8-19(28)24-10-1-2-15(12-24)20-23-9-11-25(20)13-18(22)27/h3-6,9,11,15H,1-2,7-8,10,12-13H2,(H2,22,27)/t15-/m0/s1. The zero-order valence-electron chi connectivity index (χ0n) is 15.5. The Morgan fingerprint density at radius 1 is 1.18 bits per heavy atom. The first-order valence-electron chi connectivity index (χ1n) is 9.30. The molecule has 2 aromatic rings. The first kappa shape index (κ1) is 19.7. The van der Waals surface area contributed by atoms with Crippen molar-refractivity contribution in [3.8, 4) is 0 Å². The number of hydrogen-bond acceptors (Lipinski definition) is 4. The van der Waals surface area contributed by atoms with Gasteiger partial charge in [0, 0.05) is 49.8 Å². The number of primary amides is 1. The maximum Gasteiger partial charge on any atom is 0.237 e. The van der Waals surface area contributed by atoms with Crippen molar-refractivity contribution in [2.75, 3.05) is 13.1 Å². The predicted octanol–water partition coefficient (Wildman–Crippen LogP) is 1.88. The molecule has 1 atom stereocenters. The second-order valence-corrected chi connectivity index (χ2v) is 6.99. The predicted molar refractivity (Wildman–Crippen MR) is 99.9 cm³/mol. The molecule has 28 heavy (non-hydrogen) atoms. The Hall–Kier alpha value is -3.03. The van der Waals surface area contributed by atoms with Gasteiger partial charge in [-0.3, -0.25) is 14.4 Å². The van der Waals surface area contributed by atoms with Gasteiger partial charge in [-0.05, 0) is 37.1 Å². The molecule has 0 spiro atoms. The SMILES string of the molecule is NC(=O)Cn1ccnc1[C@H]1CCCN(C(=O)CCC(=O)c2ccc(F)cc2)C1. The molecule has 1 aromatic heterocycles. The van der Waals surface area contributed by atoms with Crippen molar-refractivity contribution in [3.63, 3.8) is 0 Å². The number of amides is 2. The molecule has 0 radical (unpaired) electrons. The lowest BCUT2D eigenvalue weighted by Crippen LogP contribution is -2.40. The van der Waals surface area contributed by atoms with Crippen LogP contribution in [-0.4, -0.2) is 45.1 Å². The summed E-state index contributed by atoms with van der Waals surface area (Å²) in [6.07, 6.45) is 5.23. The highest BCUT2D eigenvalue weighted by molar-refractivity contribution is 5.97. The normalized spacial score (nSPS) is 16.8. The summed E-state index contributed by atoms with van der Waals surface area (Å²) in [4.78, 5) is 42.1. The van der Waals surface area contributed by atoms with Crippen molar-refractivity contribution in [1.82, 2.24) is 14.5 Å². The fourth-order valence-corrected chi connectivity index (χ4v) is 3.56. The highest BCUT2D eigenvalue weighted by Crippen LogP contribution is 2.26. The van der Waals surface area contributed by atoms with Crippen LogP contribution in [0, 0.1) is 5.82 Å². The molecule has 148 valence electrons. The van der Waals surface area contributed by atoms with Crippen LogP contribution in [0.1, 0.15) is 47.8 Å². The van der Waals surface area contributed by atoms with Gasteiger partial charge in [0.1, 0.15) is 18.2 Å². The van der Waals surface area contributed by atoms with Gasteiger partial charge in [-0.25, -0.2) is 9.37 Å². The van der Waals surface area contributed by atoms with Crippen LogP contribution < -0.4 is 5.73 Å². The summed E-state index contributed by atoms with van der Waals surface area (Å²) in [6.45, 7) is 1.20. The van der Waals surface area contributed by atoms with E-state index in [4.69, 9.17) is 5.73 Å². The third-order valence-corrected chi connectivity index (χ3v) is 4.95. The van der Waals surface area contributed by atoms with E-state index in [2.05, 4.69) is 4.98 Å². The number of rotatable bonds is 7. The Balaban J connectivity index is 1.57. The van der Waals surface area contributed by atoms with Crippen LogP contribution in [0.15, 0.2) is 36.7 Å². The van der Waals surface area contributed by atoms with Crippen LogP contribution in [-0.2, 0) is 16.1 Å². The van der Waals surface area contributed by atoms with Crippen molar-refractivity contribution >= 4 is 17.6 Å². The Morgan fingerprint density at radius 3 is 2.64 bits per heavy atom. The van der Waals surface area contributed by atoms with Gasteiger partial charge in [0.2, 0.25) is 11.8 Å². The number of likely N-dealkylation sites (tertiary alicyclic amines) is 1. The van der Waals surface area contributed by atoms with Gasteiger partial charge < -0.3 is 15.2 Å². The number of imidazole rings is 1. The van der Waals surface area contributed by atoms with E-state index in [-0.39, 0.29) is 37.0 Å². The first-order valence-corrected chi connectivity index (χ1v) is 9.30. The third-order valence-electron chi connectivity index (χ3n) is 4.95. The van der Waals surface area contributed by atoms with Gasteiger partial charge in [0.25, 0.3) is 0 Å². The maximum atomic E-state index is 13.0. The van der Waals surface area contributed by atoms with Crippen LogP contribution in [0.25, 0.3) is 0 Å². The minimum Gasteiger partial charge on any atom is -0.368 e. The van der Waals surface area contributed by atoms with Crippen molar-refractivity contribution in [3.05, 3.63) is 53.9 Å². The number of hydrogen-bond donors (Lipinski definition) is 1. The topological polar surface area (TPSA) is 98.3 Å². The minimum absolute atomic E-state index is 0.0276. The van der Waals surface area contributed by atoms with Crippen LogP contribution >= 0.6 is 0 Å². The fraction of sp³-hybridized carbons (Fsp3) is 0.400. The number of nitrogens with two attached hydrogens (primary N) is 1. The molecular weight excluding hydrogens is 363 g/mol. The average Bonchev–Trinajstić information content (AvgIpc) is 3.14. The molecule has 3 rings (SSSR count). The summed E-state index contributed by atoms with van der Waals surface area (Å²) in [6, 6.07) is 5.33. The summed E-state index contributed by atoms with van der Waals surface area (Å²) in [5, 5.41) is 0. The van der Waals surface area contributed by atoms with E-state index in [9.17, 15) is 18.8 Å². The van der Waals surface area contributed by atoms with Gasteiger partial charge in [-0.15, -0.1) is 0 Å². The molecule has 8 heteroatoms. The van der Waals surface area contributed by atoms with E-state index in [1.54, 1.807) is 21.9 Å². The number of Topliss-reactive ketones (excluding diaryl/α,β-unsaturated/α-hetero) is 1. The number of carbonyl (C=O) groups is 3. The van der Waals surface area contributed by atoms with Crippen LogP contribution in [0.5, 0.6) is 0 Å². The number of aromatic nitrogens is 2. The zero-order chi connectivity index (χ0) is 20.1. The first-order chi connectivity index (χ1) is 13.4. The molecular formula is C20H23FN4O3. The molecule has 1 aromatic carbocycles. The molecule has 1 saturated heterocycles. The monoisotopic (exact) mass is 386 g/mol. The average molecular weight is 386 g/mol. The maximum absolute atomic E-state index is 13.0. The fourth-order valence-electron chi connectivity index (χ4n) is 3.56. The zero-order valence-corrected chi connectivity index (χ0v) is 15.5. The van der Waals surface area contributed by atoms with Crippen molar-refractivity contribution < 1.29 is 18.8 Å². The second kappa shape index (κ2) is 8.77. The van der Waals surface area contributed by atoms with Crippen LogP contribution in [0.2, 0.25) is 0 Å². The Kier molecular flexibility index (Phi) is 6.18. The van der Waals surface area contributed by atoms with E-state index in [1.165, 1.54) is 24.3 Å². The molecule has 0 bridgehead atoms. The van der Waals surface area contributed by atoms with E-state index < -0.39 is 11.7 Å². The Labute approximate surface area is 162 Å². The Morgan fingerprint density at radius 2 is 1.93 bits per heavy atom. The molecule has 1 aliphatic heterocycles. The number of piperidine rings is 1. The lowest BCUT2D eigenvalue weighted by molar-refractivity contribution is -0.132. The molecule has 1 aliphatic rings. The highest BCUT2D eigenvalue weighted by Gasteiger charge is 2.27. The number of halogens is 1. The Bertz CT molecular complexity index is 863. The number of carbonyl (C=O) groups excluding carboxylic acids is 3. The van der Waals surface area contributed by atoms with Gasteiger partial charge in [0.05, 0.1) is 0 Å². The van der Waals surface area contributed by atoms with Gasteiger partial charge in [0.15, 0.2) is 5.78 Å². The van der Waals surface area contributed by atoms with E-state index in [0.29, 0.717) is 18.7 Å². The van der Waals surface area contributed by atoms with E-state index >= 15 is 0 Å². The summed E-state index contributed by atoms with van der Waals surface area (Å²) in [7, 11) is 0. The lowest BCUT2D eigenvalue weighted by atomic mass is 9.96. The summed E-state index contributed by atoms with van der Waals surface area (Å²) >= 11 is 0. The number of benzene rings is 1. The van der Waals surface area contributed by atoms with Gasteiger partial charge in [-0.2, -0.15) is 0 Å².